The Labute approximate surface area is 313 Å². The second kappa shape index (κ2) is 17.9. The van der Waals surface area contributed by atoms with Crippen molar-refractivity contribution >= 4 is 54.3 Å². The molecular formula is C38H36F6N4OPbW-. The van der Waals surface area contributed by atoms with Crippen molar-refractivity contribution < 1.29 is 50.7 Å². The van der Waals surface area contributed by atoms with Gasteiger partial charge in [0.1, 0.15) is 0 Å². The summed E-state index contributed by atoms with van der Waals surface area (Å²) in [6.07, 6.45) is -3.63. The third-order valence-electron chi connectivity index (χ3n) is 8.05. The predicted octanol–water partition coefficient (Wildman–Crippen LogP) is 10.4. The van der Waals surface area contributed by atoms with E-state index in [1.165, 1.54) is 23.1 Å². The van der Waals surface area contributed by atoms with Crippen LogP contribution in [0.5, 0.6) is 0 Å². The van der Waals surface area contributed by atoms with E-state index in [1.54, 1.807) is 0 Å². The number of alkyl halides is 6. The molecular weight excluding hydrogens is 1030 g/mol. The summed E-state index contributed by atoms with van der Waals surface area (Å²) < 4.78 is 94.4. The second-order valence-corrected chi connectivity index (χ2v) is 22.2. The Balaban J connectivity index is 0.000000223. The van der Waals surface area contributed by atoms with Gasteiger partial charge in [-0.2, -0.15) is 11.4 Å². The number of ether oxygens (including phenoxy) is 1. The maximum absolute atomic E-state index is 13.7. The molecule has 0 unspecified atom stereocenters. The van der Waals surface area contributed by atoms with Gasteiger partial charge in [-0.3, -0.25) is 9.98 Å². The molecule has 13 heteroatoms. The van der Waals surface area contributed by atoms with Crippen molar-refractivity contribution in [2.24, 2.45) is 8.49 Å². The van der Waals surface area contributed by atoms with Crippen molar-refractivity contribution in [3.05, 3.63) is 132 Å². The fourth-order valence-electron chi connectivity index (χ4n) is 5.46. The average molecular weight is 1070 g/mol. The Morgan fingerprint density at radius 2 is 1.55 bits per heavy atom. The Morgan fingerprint density at radius 1 is 0.863 bits per heavy atom. The Hall–Kier alpha value is -3.45. The fourth-order valence-corrected chi connectivity index (χ4v) is 14.2. The van der Waals surface area contributed by atoms with Crippen molar-refractivity contribution in [3.8, 4) is 0 Å². The number of rotatable bonds is 7. The Bertz CT molecular complexity index is 1940. The molecule has 6 rings (SSSR count). The molecule has 0 amide bonds. The number of aromatic nitrogens is 2. The molecule has 0 fully saturated rings. The molecule has 0 bridgehead atoms. The summed E-state index contributed by atoms with van der Waals surface area (Å²) in [5, 5.41) is 1.17. The number of hydrogen-bond donors (Lipinski definition) is 0. The van der Waals surface area contributed by atoms with Gasteiger partial charge in [0.2, 0.25) is 0 Å². The zero-order chi connectivity index (χ0) is 37.2. The van der Waals surface area contributed by atoms with Crippen molar-refractivity contribution in [2.45, 2.75) is 60.0 Å². The standard InChI is InChI=1S/C12H9F6O.C12H10N2.C7H6N.C6H8N.CH3.Pb.W/c1-2-8-19-10(11(13,14)15,12(16,17)18)9-6-4-3-5-7-9;1-3-9-5-6-10-4-2-8-14-12(10)11(9)13-7-1;1-6-4-2-3-5-7(6)8;1-5-3-4-6(2)7-5;;;/h2-8H,1H2;1,3,5-8H,2,4H2;2-4H,1H3;3-4H,1-2H3;1H3;;/q;;;-1;;;/b8-2+;;;;;;. The number of aryl methyl sites for hydroxylation is 4. The summed E-state index contributed by atoms with van der Waals surface area (Å²) in [6, 6.07) is 23.2. The van der Waals surface area contributed by atoms with E-state index in [0.717, 1.165) is 93.7 Å². The molecule has 0 spiro atoms. The van der Waals surface area contributed by atoms with Gasteiger partial charge in [-0.05, 0) is 24.5 Å². The normalized spacial score (nSPS) is 12.9. The first-order chi connectivity index (χ1) is 24.2. The van der Waals surface area contributed by atoms with Gasteiger partial charge < -0.3 is 4.98 Å². The van der Waals surface area contributed by atoms with Crippen LogP contribution in [-0.4, -0.2) is 46.3 Å². The predicted molar refractivity (Wildman–Crippen MR) is 187 cm³/mol. The molecule has 0 saturated heterocycles. The molecule has 2 aromatic heterocycles. The Kier molecular flexibility index (Phi) is 14.1. The van der Waals surface area contributed by atoms with Gasteiger partial charge in [0.05, 0.1) is 11.2 Å². The number of benzene rings is 3. The first kappa shape index (κ1) is 40.3. The summed E-state index contributed by atoms with van der Waals surface area (Å²) in [6.45, 7) is 5.91. The molecule has 0 N–H and O–H groups in total. The molecule has 5 nitrogen and oxygen atoms in total. The molecule has 1 radical (unpaired) electrons. The van der Waals surface area contributed by atoms with E-state index in [1.807, 2.05) is 74.1 Å². The molecule has 0 aliphatic carbocycles. The molecule has 5 aromatic rings. The third kappa shape index (κ3) is 9.91. The van der Waals surface area contributed by atoms with Gasteiger partial charge in [-0.15, -0.1) is 0 Å². The minimum atomic E-state index is -5.69. The zero-order valence-electron chi connectivity index (χ0n) is 28.4. The first-order valence-corrected chi connectivity index (χ1v) is 25.8. The van der Waals surface area contributed by atoms with Crippen LogP contribution in [0.3, 0.4) is 0 Å². The van der Waals surface area contributed by atoms with Gasteiger partial charge in [0, 0.05) is 17.8 Å². The summed E-state index contributed by atoms with van der Waals surface area (Å²) in [5.74, 6) is 0. The summed E-state index contributed by atoms with van der Waals surface area (Å²) in [5.41, 5.74) is 2.08. The van der Waals surface area contributed by atoms with Crippen LogP contribution in [0.2, 0.25) is 8.46 Å². The number of nitrogens with zero attached hydrogens (tertiary/aromatic N) is 4. The van der Waals surface area contributed by atoms with Crippen LogP contribution in [0.15, 0.2) is 112 Å². The molecule has 1 aliphatic heterocycles. The SMILES string of the molecule is C1=Nc2c(ccc3cccnc23)CC1.Cc1ccc(C)[n-]1.Cc1ccc[c]([Pb]([CH3])[CH2]/C=C/OC(c2ccccc2)(C(F)(F)F)C(F)(F)F)c1[N]=[W]. The number of hydrogen-bond acceptors (Lipinski definition) is 4. The maximum atomic E-state index is 13.7. The van der Waals surface area contributed by atoms with Crippen LogP contribution in [0.1, 0.15) is 34.5 Å². The van der Waals surface area contributed by atoms with E-state index in [2.05, 4.69) is 41.4 Å². The van der Waals surface area contributed by atoms with E-state index in [9.17, 15) is 26.3 Å². The summed E-state index contributed by atoms with van der Waals surface area (Å²) >= 11 is -1.48. The molecule has 0 saturated carbocycles. The summed E-state index contributed by atoms with van der Waals surface area (Å²) in [4.78, 5) is 12.9. The van der Waals surface area contributed by atoms with E-state index in [0.29, 0.717) is 10.2 Å². The molecule has 0 atom stereocenters. The average Bonchev–Trinajstić information content (AvgIpc) is 3.49. The molecule has 3 aromatic carbocycles. The number of halogens is 6. The van der Waals surface area contributed by atoms with Crippen LogP contribution in [0.25, 0.3) is 10.9 Å². The van der Waals surface area contributed by atoms with Crippen LogP contribution in [0.4, 0.5) is 37.7 Å². The molecule has 3 heterocycles. The third-order valence-corrected chi connectivity index (χ3v) is 17.1. The second-order valence-electron chi connectivity index (χ2n) is 11.8. The monoisotopic (exact) mass is 1070 g/mol. The van der Waals surface area contributed by atoms with Crippen molar-refractivity contribution in [2.75, 3.05) is 0 Å². The number of pyridine rings is 1. The number of aliphatic imine (C=N–C) groups is 1. The first-order valence-electron chi connectivity index (χ1n) is 15.9. The van der Waals surface area contributed by atoms with Gasteiger partial charge >= 0.3 is 191 Å². The van der Waals surface area contributed by atoms with Crippen LogP contribution >= 0.6 is 0 Å². The minimum absolute atomic E-state index is 0.395. The van der Waals surface area contributed by atoms with Gasteiger partial charge in [0.25, 0.3) is 0 Å². The Morgan fingerprint density at radius 3 is 2.16 bits per heavy atom. The van der Waals surface area contributed by atoms with E-state index in [-0.39, 0.29) is 0 Å². The molecule has 267 valence electrons. The van der Waals surface area contributed by atoms with Gasteiger partial charge in [0.15, 0.2) is 0 Å². The van der Waals surface area contributed by atoms with E-state index >= 15 is 0 Å². The number of fused-ring (bicyclic) bond motifs is 3. The summed E-state index contributed by atoms with van der Waals surface area (Å²) in [7, 11) is 0. The quantitative estimate of drug-likeness (QED) is 0.0927. The van der Waals surface area contributed by atoms with Crippen molar-refractivity contribution in [3.63, 3.8) is 0 Å². The van der Waals surface area contributed by atoms with E-state index < -0.39 is 46.2 Å². The molecule has 51 heavy (non-hydrogen) atoms. The zero-order valence-corrected chi connectivity index (χ0v) is 35.2. The van der Waals surface area contributed by atoms with Crippen molar-refractivity contribution in [1.82, 2.24) is 9.97 Å². The van der Waals surface area contributed by atoms with E-state index in [4.69, 9.17) is 0 Å². The molecule has 1 aliphatic rings. The van der Waals surface area contributed by atoms with Crippen molar-refractivity contribution in [1.29, 1.82) is 0 Å². The van der Waals surface area contributed by atoms with Crippen LogP contribution in [0, 0.1) is 20.8 Å². The van der Waals surface area contributed by atoms with Gasteiger partial charge in [-0.25, -0.2) is 0 Å². The van der Waals surface area contributed by atoms with Gasteiger partial charge in [-0.1, -0.05) is 44.2 Å². The number of allylic oxidation sites excluding steroid dienone is 1. The fraction of sp³-hybridized carbons (Fsp3) is 0.263. The topological polar surface area (TPSA) is 60.9 Å². The van der Waals surface area contributed by atoms with Crippen LogP contribution < -0.4 is 8.11 Å². The van der Waals surface area contributed by atoms with Crippen LogP contribution in [-0.2, 0) is 36.4 Å².